The van der Waals surface area contributed by atoms with E-state index in [0.29, 0.717) is 6.42 Å². The Morgan fingerprint density at radius 3 is 2.50 bits per heavy atom. The van der Waals surface area contributed by atoms with Gasteiger partial charge < -0.3 is 9.47 Å². The zero-order chi connectivity index (χ0) is 17.6. The van der Waals surface area contributed by atoms with Crippen LogP contribution in [0.4, 0.5) is 0 Å². The highest BCUT2D eigenvalue weighted by molar-refractivity contribution is 7.93. The van der Waals surface area contributed by atoms with E-state index in [0.717, 1.165) is 0 Å². The zero-order valence-electron chi connectivity index (χ0n) is 14.1. The molecule has 0 spiro atoms. The Kier molecular flexibility index (Phi) is 4.18. The van der Waals surface area contributed by atoms with E-state index in [1.54, 1.807) is 24.3 Å². The highest BCUT2D eigenvalue weighted by Gasteiger charge is 2.66. The van der Waals surface area contributed by atoms with E-state index >= 15 is 0 Å². The predicted octanol–water partition coefficient (Wildman–Crippen LogP) is 2.31. The first kappa shape index (κ1) is 17.3. The van der Waals surface area contributed by atoms with Crippen molar-refractivity contribution in [3.63, 3.8) is 0 Å². The second-order valence-corrected chi connectivity index (χ2v) is 9.05. The van der Waals surface area contributed by atoms with Gasteiger partial charge in [-0.25, -0.2) is 8.42 Å². The second kappa shape index (κ2) is 5.79. The molecule has 0 amide bonds. The third-order valence-corrected chi connectivity index (χ3v) is 7.30. The molecule has 3 rings (SSSR count). The molecule has 1 aliphatic heterocycles. The minimum Gasteiger partial charge on any atom is -0.375 e. The lowest BCUT2D eigenvalue weighted by molar-refractivity contribution is -0.166. The molecule has 24 heavy (non-hydrogen) atoms. The number of Topliss-reactive ketones (excluding diaryl/α,β-unsaturated/α-hetero) is 1. The Morgan fingerprint density at radius 1 is 1.21 bits per heavy atom. The zero-order valence-corrected chi connectivity index (χ0v) is 14.9. The number of ketones is 1. The summed E-state index contributed by atoms with van der Waals surface area (Å²) in [7, 11) is -2.57. The maximum atomic E-state index is 13.5. The maximum Gasteiger partial charge on any atom is 0.196 e. The Morgan fingerprint density at radius 2 is 1.88 bits per heavy atom. The number of carbonyl (C=O) groups is 1. The van der Waals surface area contributed by atoms with Crippen LogP contribution in [-0.2, 0) is 24.1 Å². The van der Waals surface area contributed by atoms with Crippen LogP contribution in [-0.4, -0.2) is 43.9 Å². The summed E-state index contributed by atoms with van der Waals surface area (Å²) in [5, 5.41) is 0. The van der Waals surface area contributed by atoms with Crippen LogP contribution in [0.15, 0.2) is 47.4 Å². The van der Waals surface area contributed by atoms with Crippen molar-refractivity contribution in [2.75, 3.05) is 7.11 Å². The van der Waals surface area contributed by atoms with Gasteiger partial charge in [0.25, 0.3) is 0 Å². The summed E-state index contributed by atoms with van der Waals surface area (Å²) in [6.45, 7) is 3.62. The Labute approximate surface area is 142 Å². The lowest BCUT2D eigenvalue weighted by Crippen LogP contribution is -2.69. The fourth-order valence-corrected chi connectivity index (χ4v) is 6.03. The SMILES string of the molecule is CO[C@H]1C=CCC2OC(C)(C)CC(=O)[C@]21S(=O)(=O)c1ccccc1. The molecule has 1 aliphatic carbocycles. The Hall–Kier alpha value is -1.50. The van der Waals surface area contributed by atoms with Crippen LogP contribution < -0.4 is 0 Å². The van der Waals surface area contributed by atoms with Crippen molar-refractivity contribution in [3.05, 3.63) is 42.5 Å². The van der Waals surface area contributed by atoms with Crippen LogP contribution in [0.1, 0.15) is 26.7 Å². The number of benzene rings is 1. The van der Waals surface area contributed by atoms with Gasteiger partial charge >= 0.3 is 0 Å². The predicted molar refractivity (Wildman–Crippen MR) is 89.5 cm³/mol. The molecular formula is C18H22O5S. The lowest BCUT2D eigenvalue weighted by Gasteiger charge is -2.50. The minimum atomic E-state index is -4.00. The van der Waals surface area contributed by atoms with Crippen molar-refractivity contribution in [1.82, 2.24) is 0 Å². The molecule has 130 valence electrons. The van der Waals surface area contributed by atoms with Crippen molar-refractivity contribution in [2.45, 2.75) is 54.1 Å². The number of rotatable bonds is 3. The van der Waals surface area contributed by atoms with Crippen LogP contribution in [0, 0.1) is 0 Å². The van der Waals surface area contributed by atoms with Crippen molar-refractivity contribution in [2.24, 2.45) is 0 Å². The third-order valence-electron chi connectivity index (χ3n) is 4.80. The molecule has 3 atom stereocenters. The fourth-order valence-electron chi connectivity index (χ4n) is 3.78. The summed E-state index contributed by atoms with van der Waals surface area (Å²) in [6.07, 6.45) is 2.24. The number of sulfone groups is 1. The largest absolute Gasteiger partial charge is 0.375 e. The van der Waals surface area contributed by atoms with E-state index in [-0.39, 0.29) is 17.1 Å². The minimum absolute atomic E-state index is 0.0310. The summed E-state index contributed by atoms with van der Waals surface area (Å²) in [5.41, 5.74) is -0.694. The third kappa shape index (κ3) is 2.36. The standard InChI is InChI=1S/C18H22O5S/c1-17(2)12-14(19)18(15(22-3)10-7-11-16(18)23-17)24(20,21)13-8-5-4-6-9-13/h4-10,15-16H,11-12H2,1-3H3/t15-,16?,18+/m0/s1. The molecule has 0 bridgehead atoms. The van der Waals surface area contributed by atoms with E-state index in [1.807, 2.05) is 19.9 Å². The topological polar surface area (TPSA) is 69.7 Å². The van der Waals surface area contributed by atoms with Gasteiger partial charge in [-0.3, -0.25) is 4.79 Å². The number of carbonyl (C=O) groups excluding carboxylic acids is 1. The Balaban J connectivity index is 2.25. The number of hydrogen-bond donors (Lipinski definition) is 0. The van der Waals surface area contributed by atoms with E-state index in [2.05, 4.69) is 0 Å². The van der Waals surface area contributed by atoms with Gasteiger partial charge in [0.15, 0.2) is 20.4 Å². The number of ether oxygens (including phenoxy) is 2. The second-order valence-electron chi connectivity index (χ2n) is 6.90. The maximum absolute atomic E-state index is 13.5. The average Bonchev–Trinajstić information content (AvgIpc) is 2.53. The first-order valence-electron chi connectivity index (χ1n) is 7.96. The smallest absolute Gasteiger partial charge is 0.196 e. The molecule has 0 saturated carbocycles. The molecule has 0 radical (unpaired) electrons. The molecular weight excluding hydrogens is 328 g/mol. The molecule has 1 aromatic rings. The lowest BCUT2D eigenvalue weighted by atomic mass is 9.77. The molecule has 5 nitrogen and oxygen atoms in total. The van der Waals surface area contributed by atoms with Crippen LogP contribution in [0.3, 0.4) is 0 Å². The van der Waals surface area contributed by atoms with Crippen molar-refractivity contribution >= 4 is 15.6 Å². The van der Waals surface area contributed by atoms with E-state index < -0.39 is 32.4 Å². The molecule has 1 unspecified atom stereocenters. The number of hydrogen-bond acceptors (Lipinski definition) is 5. The fraction of sp³-hybridized carbons (Fsp3) is 0.500. The summed E-state index contributed by atoms with van der Waals surface area (Å²) in [5.74, 6) is -0.344. The average molecular weight is 350 g/mol. The molecule has 1 aromatic carbocycles. The summed E-state index contributed by atoms with van der Waals surface area (Å²) >= 11 is 0. The van der Waals surface area contributed by atoms with Gasteiger partial charge in [-0.05, 0) is 32.4 Å². The first-order chi connectivity index (χ1) is 11.3. The highest BCUT2D eigenvalue weighted by Crippen LogP contribution is 2.46. The molecule has 1 heterocycles. The molecule has 1 fully saturated rings. The first-order valence-corrected chi connectivity index (χ1v) is 9.44. The van der Waals surface area contributed by atoms with Crippen LogP contribution in [0.5, 0.6) is 0 Å². The van der Waals surface area contributed by atoms with Gasteiger partial charge in [-0.1, -0.05) is 30.4 Å². The number of methoxy groups -OCH3 is 1. The summed E-state index contributed by atoms with van der Waals surface area (Å²) < 4.78 is 36.8. The van der Waals surface area contributed by atoms with Gasteiger partial charge in [-0.2, -0.15) is 0 Å². The quantitative estimate of drug-likeness (QED) is 0.783. The molecule has 2 aliphatic rings. The van der Waals surface area contributed by atoms with E-state index in [9.17, 15) is 13.2 Å². The molecule has 1 saturated heterocycles. The van der Waals surface area contributed by atoms with Crippen LogP contribution >= 0.6 is 0 Å². The van der Waals surface area contributed by atoms with Crippen molar-refractivity contribution < 1.29 is 22.7 Å². The normalized spacial score (nSPS) is 32.4. The van der Waals surface area contributed by atoms with Crippen molar-refractivity contribution in [3.8, 4) is 0 Å². The highest BCUT2D eigenvalue weighted by atomic mass is 32.2. The molecule has 0 aromatic heterocycles. The van der Waals surface area contributed by atoms with E-state index in [4.69, 9.17) is 9.47 Å². The van der Waals surface area contributed by atoms with Gasteiger partial charge in [0.05, 0.1) is 16.6 Å². The van der Waals surface area contributed by atoms with Gasteiger partial charge in [0.2, 0.25) is 0 Å². The monoisotopic (exact) mass is 350 g/mol. The van der Waals surface area contributed by atoms with Crippen LogP contribution in [0.2, 0.25) is 0 Å². The molecule has 6 heteroatoms. The summed E-state index contributed by atoms with van der Waals surface area (Å²) in [6, 6.07) is 8.07. The van der Waals surface area contributed by atoms with Crippen LogP contribution in [0.25, 0.3) is 0 Å². The number of fused-ring (bicyclic) bond motifs is 1. The van der Waals surface area contributed by atoms with Crippen molar-refractivity contribution in [1.29, 1.82) is 0 Å². The van der Waals surface area contributed by atoms with E-state index in [1.165, 1.54) is 19.2 Å². The van der Waals surface area contributed by atoms with Gasteiger partial charge in [0.1, 0.15) is 6.10 Å². The Bertz CT molecular complexity index is 766. The summed E-state index contributed by atoms with van der Waals surface area (Å²) in [4.78, 5) is 13.3. The van der Waals surface area contributed by atoms with Gasteiger partial charge in [-0.15, -0.1) is 0 Å². The molecule has 0 N–H and O–H groups in total. The van der Waals surface area contributed by atoms with Gasteiger partial charge in [0, 0.05) is 13.5 Å².